The Bertz CT molecular complexity index is 1110. The van der Waals surface area contributed by atoms with Gasteiger partial charge in [0.2, 0.25) is 0 Å². The number of methoxy groups -OCH3 is 1. The molecule has 1 aromatic heterocycles. The van der Waals surface area contributed by atoms with Crippen LogP contribution >= 0.6 is 15.9 Å². The van der Waals surface area contributed by atoms with Crippen LogP contribution in [0.1, 0.15) is 52.9 Å². The molecule has 7 heteroatoms. The van der Waals surface area contributed by atoms with Crippen LogP contribution < -0.4 is 4.74 Å². The van der Waals surface area contributed by atoms with Crippen molar-refractivity contribution in [2.75, 3.05) is 20.3 Å². The quantitative estimate of drug-likeness (QED) is 0.435. The van der Waals surface area contributed by atoms with Crippen molar-refractivity contribution in [3.8, 4) is 5.75 Å². The molecule has 2 aromatic carbocycles. The topological polar surface area (TPSA) is 74.8 Å². The molecule has 170 valence electrons. The lowest BCUT2D eigenvalue weighted by atomic mass is 9.91. The average molecular weight is 501 g/mol. The highest BCUT2D eigenvalue weighted by atomic mass is 79.9. The van der Waals surface area contributed by atoms with E-state index in [9.17, 15) is 9.90 Å². The molecule has 2 atom stereocenters. The van der Waals surface area contributed by atoms with Crippen molar-refractivity contribution in [1.82, 2.24) is 9.88 Å². The van der Waals surface area contributed by atoms with Crippen LogP contribution in [-0.2, 0) is 11.3 Å². The smallest absolute Gasteiger partial charge is 0.335 e. The standard InChI is InChI=1S/C25H29BrN2O4/c1-4-32-18-9-10-28(21(12-18)16-5-7-17(8-6-16)25(29)30)14-19-22(31-3)11-15(2)24-23(19)20(26)13-27-24/h5-8,11,13,18,21,27H,4,9-10,12,14H2,1-3H3,(H,29,30)/t18-,21-/m0/s1. The molecule has 2 N–H and O–H groups in total. The number of carboxylic acid groups (broad SMARTS) is 1. The fraction of sp³-hybridized carbons (Fsp3) is 0.400. The molecule has 0 spiro atoms. The number of H-pyrrole nitrogens is 1. The van der Waals surface area contributed by atoms with Gasteiger partial charge in [-0.25, -0.2) is 4.79 Å². The predicted molar refractivity (Wildman–Crippen MR) is 128 cm³/mol. The lowest BCUT2D eigenvalue weighted by molar-refractivity contribution is -0.0138. The van der Waals surface area contributed by atoms with Gasteiger partial charge in [0.15, 0.2) is 0 Å². The van der Waals surface area contributed by atoms with Crippen LogP contribution in [0.15, 0.2) is 41.0 Å². The number of likely N-dealkylation sites (tertiary alicyclic amines) is 1. The molecule has 0 aliphatic carbocycles. The summed E-state index contributed by atoms with van der Waals surface area (Å²) in [6, 6.07) is 9.46. The van der Waals surface area contributed by atoms with Crippen molar-refractivity contribution in [2.24, 2.45) is 0 Å². The summed E-state index contributed by atoms with van der Waals surface area (Å²) in [6.07, 6.45) is 4.00. The summed E-state index contributed by atoms with van der Waals surface area (Å²) in [6.45, 7) is 6.41. The molecule has 1 saturated heterocycles. The molecule has 1 aliphatic heterocycles. The number of nitrogens with one attached hydrogen (secondary N) is 1. The van der Waals surface area contributed by atoms with Gasteiger partial charge in [-0.05, 0) is 71.9 Å². The van der Waals surface area contributed by atoms with E-state index in [0.717, 1.165) is 63.7 Å². The van der Waals surface area contributed by atoms with Crippen LogP contribution in [0.4, 0.5) is 0 Å². The van der Waals surface area contributed by atoms with Gasteiger partial charge in [-0.3, -0.25) is 4.90 Å². The van der Waals surface area contributed by atoms with E-state index in [1.807, 2.05) is 25.3 Å². The third kappa shape index (κ3) is 4.42. The number of aromatic amines is 1. The number of hydrogen-bond donors (Lipinski definition) is 2. The number of carbonyl (C=O) groups is 1. The Morgan fingerprint density at radius 1 is 1.31 bits per heavy atom. The number of carboxylic acids is 1. The monoisotopic (exact) mass is 500 g/mol. The van der Waals surface area contributed by atoms with Crippen LogP contribution in [0.25, 0.3) is 10.9 Å². The van der Waals surface area contributed by atoms with Crippen LogP contribution in [0.5, 0.6) is 5.75 Å². The zero-order valence-electron chi connectivity index (χ0n) is 18.7. The maximum absolute atomic E-state index is 11.3. The largest absolute Gasteiger partial charge is 0.496 e. The predicted octanol–water partition coefficient (Wildman–Crippen LogP) is 5.69. The molecule has 0 saturated carbocycles. The first-order chi connectivity index (χ1) is 15.4. The van der Waals surface area contributed by atoms with Crippen molar-refractivity contribution in [2.45, 2.75) is 45.4 Å². The zero-order valence-corrected chi connectivity index (χ0v) is 20.2. The number of halogens is 1. The molecule has 3 aromatic rings. The van der Waals surface area contributed by atoms with Crippen LogP contribution in [0.3, 0.4) is 0 Å². The molecule has 32 heavy (non-hydrogen) atoms. The number of ether oxygens (including phenoxy) is 2. The van der Waals surface area contributed by atoms with Gasteiger partial charge in [0.1, 0.15) is 5.75 Å². The number of hydrogen-bond acceptors (Lipinski definition) is 4. The molecule has 0 amide bonds. The second-order valence-electron chi connectivity index (χ2n) is 8.28. The van der Waals surface area contributed by atoms with Crippen molar-refractivity contribution < 1.29 is 19.4 Å². The highest BCUT2D eigenvalue weighted by Gasteiger charge is 2.31. The first kappa shape index (κ1) is 22.8. The fourth-order valence-electron chi connectivity index (χ4n) is 4.78. The van der Waals surface area contributed by atoms with Crippen molar-refractivity contribution in [3.05, 3.63) is 63.3 Å². The van der Waals surface area contributed by atoms with E-state index in [0.29, 0.717) is 12.2 Å². The average Bonchev–Trinajstić information content (AvgIpc) is 3.19. The molecule has 1 aliphatic rings. The van der Waals surface area contributed by atoms with Gasteiger partial charge >= 0.3 is 5.97 Å². The molecule has 0 bridgehead atoms. The summed E-state index contributed by atoms with van der Waals surface area (Å²) < 4.78 is 12.8. The molecule has 0 radical (unpaired) electrons. The maximum atomic E-state index is 11.3. The Kier molecular flexibility index (Phi) is 6.88. The van der Waals surface area contributed by atoms with Gasteiger partial charge in [-0.2, -0.15) is 0 Å². The van der Waals surface area contributed by atoms with Gasteiger partial charge in [-0.1, -0.05) is 12.1 Å². The minimum atomic E-state index is -0.909. The van der Waals surface area contributed by atoms with E-state index in [2.05, 4.69) is 38.8 Å². The summed E-state index contributed by atoms with van der Waals surface area (Å²) in [7, 11) is 1.72. The normalized spacial score (nSPS) is 19.4. The van der Waals surface area contributed by atoms with E-state index >= 15 is 0 Å². The number of nitrogens with zero attached hydrogens (tertiary/aromatic N) is 1. The number of aromatic nitrogens is 1. The fourth-order valence-corrected chi connectivity index (χ4v) is 5.33. The van der Waals surface area contributed by atoms with Gasteiger partial charge < -0.3 is 19.6 Å². The number of benzene rings is 2. The van der Waals surface area contributed by atoms with Crippen LogP contribution in [-0.4, -0.2) is 47.3 Å². The molecule has 0 unspecified atom stereocenters. The van der Waals surface area contributed by atoms with E-state index in [1.165, 1.54) is 0 Å². The maximum Gasteiger partial charge on any atom is 0.335 e. The second kappa shape index (κ2) is 9.65. The van der Waals surface area contributed by atoms with Gasteiger partial charge in [0.05, 0.1) is 24.3 Å². The second-order valence-corrected chi connectivity index (χ2v) is 9.13. The first-order valence-electron chi connectivity index (χ1n) is 10.9. The van der Waals surface area contributed by atoms with Gasteiger partial charge in [0.25, 0.3) is 0 Å². The third-order valence-electron chi connectivity index (χ3n) is 6.36. The Balaban J connectivity index is 1.72. The van der Waals surface area contributed by atoms with E-state index in [4.69, 9.17) is 9.47 Å². The third-order valence-corrected chi connectivity index (χ3v) is 6.99. The Hall–Kier alpha value is -2.35. The summed E-state index contributed by atoms with van der Waals surface area (Å²) in [4.78, 5) is 17.1. The molecular weight excluding hydrogens is 472 g/mol. The number of piperidine rings is 1. The Morgan fingerprint density at radius 2 is 2.06 bits per heavy atom. The molecule has 2 heterocycles. The summed E-state index contributed by atoms with van der Waals surface area (Å²) in [5.74, 6) is -0.0319. The van der Waals surface area contributed by atoms with E-state index < -0.39 is 5.97 Å². The minimum absolute atomic E-state index is 0.127. The molecule has 1 fully saturated rings. The van der Waals surface area contributed by atoms with E-state index in [1.54, 1.807) is 19.2 Å². The minimum Gasteiger partial charge on any atom is -0.496 e. The number of fused-ring (bicyclic) bond motifs is 1. The van der Waals surface area contributed by atoms with E-state index in [-0.39, 0.29) is 12.1 Å². The van der Waals surface area contributed by atoms with Gasteiger partial charge in [-0.15, -0.1) is 0 Å². The van der Waals surface area contributed by atoms with Crippen LogP contribution in [0.2, 0.25) is 0 Å². The summed E-state index contributed by atoms with van der Waals surface area (Å²) >= 11 is 3.71. The lowest BCUT2D eigenvalue weighted by Crippen LogP contribution is -2.39. The van der Waals surface area contributed by atoms with Crippen LogP contribution in [0, 0.1) is 6.92 Å². The zero-order chi connectivity index (χ0) is 22.8. The SMILES string of the molecule is CCO[C@H]1CCN(Cc2c(OC)cc(C)c3[nH]cc(Br)c23)[C@H](c2ccc(C(=O)O)cc2)C1. The highest BCUT2D eigenvalue weighted by molar-refractivity contribution is 9.10. The number of aromatic carboxylic acids is 1. The number of rotatable bonds is 7. The highest BCUT2D eigenvalue weighted by Crippen LogP contribution is 2.40. The van der Waals surface area contributed by atoms with Crippen molar-refractivity contribution in [3.63, 3.8) is 0 Å². The summed E-state index contributed by atoms with van der Waals surface area (Å²) in [5, 5.41) is 10.4. The summed E-state index contributed by atoms with van der Waals surface area (Å²) in [5.41, 5.74) is 4.80. The molecule has 6 nitrogen and oxygen atoms in total. The van der Waals surface area contributed by atoms with Gasteiger partial charge in [0, 0.05) is 47.4 Å². The molecular formula is C25H29BrN2O4. The first-order valence-corrected chi connectivity index (χ1v) is 11.7. The Labute approximate surface area is 196 Å². The molecule has 4 rings (SSSR count). The van der Waals surface area contributed by atoms with Crippen molar-refractivity contribution >= 4 is 32.8 Å². The number of aryl methyl sites for hydroxylation is 1. The lowest BCUT2D eigenvalue weighted by Gasteiger charge is -2.40. The Morgan fingerprint density at radius 3 is 2.72 bits per heavy atom. The van der Waals surface area contributed by atoms with Crippen molar-refractivity contribution in [1.29, 1.82) is 0 Å².